The number of hydrogen-bond acceptors (Lipinski definition) is 2. The van der Waals surface area contributed by atoms with Gasteiger partial charge >= 0.3 is 5.97 Å². The second-order valence-electron chi connectivity index (χ2n) is 1.88. The summed E-state index contributed by atoms with van der Waals surface area (Å²) < 4.78 is 4.56. The van der Waals surface area contributed by atoms with Crippen molar-refractivity contribution < 1.29 is 14.6 Å². The van der Waals surface area contributed by atoms with Crippen LogP contribution in [0.25, 0.3) is 0 Å². The lowest BCUT2D eigenvalue weighted by molar-refractivity contribution is -0.148. The van der Waals surface area contributed by atoms with Crippen LogP contribution in [0.4, 0.5) is 0 Å². The highest BCUT2D eigenvalue weighted by Gasteiger charge is 2.11. The fourth-order valence-corrected chi connectivity index (χ4v) is 0.442. The number of carboxylic acid groups (broad SMARTS) is 1. The number of aliphatic carboxylic acids is 1. The molecule has 66 valence electrons. The number of ether oxygens (including phenoxy) is 1. The Morgan fingerprint density at radius 2 is 2.18 bits per heavy atom. The van der Waals surface area contributed by atoms with E-state index in [9.17, 15) is 4.79 Å². The van der Waals surface area contributed by atoms with Gasteiger partial charge in [0.05, 0.1) is 0 Å². The van der Waals surface area contributed by atoms with Crippen LogP contribution in [0.2, 0.25) is 0 Å². The van der Waals surface area contributed by atoms with Gasteiger partial charge in [-0.1, -0.05) is 13.0 Å². The Kier molecular flexibility index (Phi) is 10.7. The van der Waals surface area contributed by atoms with E-state index in [2.05, 4.69) is 11.3 Å². The first kappa shape index (κ1) is 12.8. The van der Waals surface area contributed by atoms with Crippen molar-refractivity contribution in [2.75, 3.05) is 7.11 Å². The van der Waals surface area contributed by atoms with Crippen LogP contribution < -0.4 is 0 Å². The highest BCUT2D eigenvalue weighted by Crippen LogP contribution is 1.93. The minimum atomic E-state index is -0.894. The summed E-state index contributed by atoms with van der Waals surface area (Å²) in [7, 11) is 1.39. The maximum absolute atomic E-state index is 10.0. The van der Waals surface area contributed by atoms with E-state index >= 15 is 0 Å². The molecule has 0 aromatic heterocycles. The number of carbonyl (C=O) groups is 1. The Hall–Kier alpha value is -0.830. The van der Waals surface area contributed by atoms with Crippen LogP contribution in [-0.2, 0) is 9.53 Å². The molecule has 0 aliphatic carbocycles. The van der Waals surface area contributed by atoms with E-state index in [0.717, 1.165) is 0 Å². The summed E-state index contributed by atoms with van der Waals surface area (Å²) in [6.45, 7) is 7.02. The van der Waals surface area contributed by atoms with Crippen LogP contribution in [0.5, 0.6) is 0 Å². The Bertz CT molecular complexity index is 106. The molecule has 11 heavy (non-hydrogen) atoms. The molecule has 0 aromatic carbocycles. The third-order valence-electron chi connectivity index (χ3n) is 0.931. The van der Waals surface area contributed by atoms with Crippen molar-refractivity contribution in [3.63, 3.8) is 0 Å². The molecular formula is C8H16O3. The maximum Gasteiger partial charge on any atom is 0.332 e. The number of hydrogen-bond donors (Lipinski definition) is 1. The first-order chi connectivity index (χ1) is 5.13. The molecule has 0 fully saturated rings. The lowest BCUT2D eigenvalue weighted by Crippen LogP contribution is -2.20. The van der Waals surface area contributed by atoms with Crippen molar-refractivity contribution in [3.05, 3.63) is 12.7 Å². The second kappa shape index (κ2) is 9.17. The van der Waals surface area contributed by atoms with Crippen LogP contribution in [-0.4, -0.2) is 24.3 Å². The largest absolute Gasteiger partial charge is 0.479 e. The molecule has 0 heterocycles. The fourth-order valence-electron chi connectivity index (χ4n) is 0.442. The summed E-state index contributed by atoms with van der Waals surface area (Å²) in [5.74, 6) is -0.894. The van der Waals surface area contributed by atoms with E-state index in [0.29, 0.717) is 6.42 Å². The normalized spacial score (nSPS) is 10.8. The lowest BCUT2D eigenvalue weighted by atomic mass is 10.3. The molecule has 0 aliphatic rings. The third-order valence-corrected chi connectivity index (χ3v) is 0.931. The van der Waals surface area contributed by atoms with Gasteiger partial charge in [-0.15, -0.1) is 6.58 Å². The first-order valence-electron chi connectivity index (χ1n) is 3.46. The minimum Gasteiger partial charge on any atom is -0.479 e. The van der Waals surface area contributed by atoms with E-state index in [1.54, 1.807) is 13.0 Å². The van der Waals surface area contributed by atoms with Gasteiger partial charge in [0, 0.05) is 7.11 Å². The first-order valence-corrected chi connectivity index (χ1v) is 3.46. The van der Waals surface area contributed by atoms with Gasteiger partial charge in [-0.05, 0) is 13.3 Å². The van der Waals surface area contributed by atoms with Gasteiger partial charge in [0.15, 0.2) is 6.10 Å². The van der Waals surface area contributed by atoms with Crippen molar-refractivity contribution >= 4 is 5.97 Å². The average molecular weight is 160 g/mol. The molecule has 0 amide bonds. The number of carboxylic acids is 1. The summed E-state index contributed by atoms with van der Waals surface area (Å²) in [5.41, 5.74) is 0. The number of methoxy groups -OCH3 is 1. The van der Waals surface area contributed by atoms with Crippen LogP contribution in [0.15, 0.2) is 12.7 Å². The quantitative estimate of drug-likeness (QED) is 0.639. The SMILES string of the molecule is C=CC.CCC(OC)C(=O)O. The monoisotopic (exact) mass is 160 g/mol. The predicted octanol–water partition coefficient (Wildman–Crippen LogP) is 1.69. The van der Waals surface area contributed by atoms with Gasteiger partial charge in [0.1, 0.15) is 0 Å². The summed E-state index contributed by atoms with van der Waals surface area (Å²) in [4.78, 5) is 10.0. The topological polar surface area (TPSA) is 46.5 Å². The zero-order valence-electron chi connectivity index (χ0n) is 7.33. The number of allylic oxidation sites excluding steroid dienone is 1. The van der Waals surface area contributed by atoms with Gasteiger partial charge < -0.3 is 9.84 Å². The van der Waals surface area contributed by atoms with Crippen molar-refractivity contribution in [2.45, 2.75) is 26.4 Å². The molecule has 0 rings (SSSR count). The molecule has 1 N–H and O–H groups in total. The van der Waals surface area contributed by atoms with Gasteiger partial charge in [-0.2, -0.15) is 0 Å². The molecule has 0 radical (unpaired) electrons. The molecule has 0 aliphatic heterocycles. The second-order valence-corrected chi connectivity index (χ2v) is 1.88. The highest BCUT2D eigenvalue weighted by atomic mass is 16.5. The number of rotatable bonds is 3. The zero-order chi connectivity index (χ0) is 9.28. The van der Waals surface area contributed by atoms with E-state index in [-0.39, 0.29) is 0 Å². The van der Waals surface area contributed by atoms with Crippen LogP contribution in [0.3, 0.4) is 0 Å². The van der Waals surface area contributed by atoms with E-state index in [1.807, 2.05) is 6.92 Å². The van der Waals surface area contributed by atoms with Crippen molar-refractivity contribution in [2.24, 2.45) is 0 Å². The standard InChI is InChI=1S/C5H10O3.C3H6/c1-3-4(8-2)5(6)7;1-3-2/h4H,3H2,1-2H3,(H,6,7);3H,1H2,2H3. The summed E-state index contributed by atoms with van der Waals surface area (Å²) >= 11 is 0. The van der Waals surface area contributed by atoms with Gasteiger partial charge in [-0.25, -0.2) is 4.79 Å². The molecule has 1 unspecified atom stereocenters. The molecular weight excluding hydrogens is 144 g/mol. The van der Waals surface area contributed by atoms with Crippen molar-refractivity contribution in [3.8, 4) is 0 Å². The summed E-state index contributed by atoms with van der Waals surface area (Å²) in [6, 6.07) is 0. The van der Waals surface area contributed by atoms with Gasteiger partial charge in [0.25, 0.3) is 0 Å². The molecule has 0 aromatic rings. The molecule has 0 saturated carbocycles. The summed E-state index contributed by atoms with van der Waals surface area (Å²) in [6.07, 6.45) is 1.64. The molecule has 0 saturated heterocycles. The predicted molar refractivity (Wildman–Crippen MR) is 44.6 cm³/mol. The van der Waals surface area contributed by atoms with E-state index < -0.39 is 12.1 Å². The maximum atomic E-state index is 10.0. The third kappa shape index (κ3) is 9.17. The van der Waals surface area contributed by atoms with Crippen LogP contribution in [0.1, 0.15) is 20.3 Å². The molecule has 0 spiro atoms. The Morgan fingerprint density at radius 3 is 2.18 bits per heavy atom. The molecule has 1 atom stereocenters. The molecule has 3 nitrogen and oxygen atoms in total. The van der Waals surface area contributed by atoms with E-state index in [1.165, 1.54) is 7.11 Å². The van der Waals surface area contributed by atoms with Crippen LogP contribution >= 0.6 is 0 Å². The van der Waals surface area contributed by atoms with Crippen molar-refractivity contribution in [1.82, 2.24) is 0 Å². The average Bonchev–Trinajstić information content (AvgIpc) is 1.91. The van der Waals surface area contributed by atoms with Crippen molar-refractivity contribution in [1.29, 1.82) is 0 Å². The lowest BCUT2D eigenvalue weighted by Gasteiger charge is -2.04. The van der Waals surface area contributed by atoms with Gasteiger partial charge in [-0.3, -0.25) is 0 Å². The smallest absolute Gasteiger partial charge is 0.332 e. The zero-order valence-corrected chi connectivity index (χ0v) is 7.33. The highest BCUT2D eigenvalue weighted by molar-refractivity contribution is 5.72. The minimum absolute atomic E-state index is 0.520. The Labute approximate surface area is 67.7 Å². The fraction of sp³-hybridized carbons (Fsp3) is 0.625. The van der Waals surface area contributed by atoms with Crippen LogP contribution in [0, 0.1) is 0 Å². The molecule has 0 bridgehead atoms. The molecule has 3 heteroatoms. The Balaban J connectivity index is 0. The van der Waals surface area contributed by atoms with E-state index in [4.69, 9.17) is 5.11 Å². The van der Waals surface area contributed by atoms with Gasteiger partial charge in [0.2, 0.25) is 0 Å². The Morgan fingerprint density at radius 1 is 1.82 bits per heavy atom. The summed E-state index contributed by atoms with van der Waals surface area (Å²) in [5, 5.41) is 8.25.